The number of carbonyl (C=O) groups is 1. The van der Waals surface area contributed by atoms with E-state index in [-0.39, 0.29) is 5.91 Å². The summed E-state index contributed by atoms with van der Waals surface area (Å²) in [6.07, 6.45) is 0.686. The van der Waals surface area contributed by atoms with Crippen molar-refractivity contribution in [1.82, 2.24) is 15.6 Å². The molecule has 0 saturated heterocycles. The molecule has 0 fully saturated rings. The van der Waals surface area contributed by atoms with Crippen molar-refractivity contribution in [1.29, 1.82) is 0 Å². The molecular weight excluding hydrogens is 352 g/mol. The number of rotatable bonds is 7. The van der Waals surface area contributed by atoms with Gasteiger partial charge in [-0.2, -0.15) is 10.2 Å². The second kappa shape index (κ2) is 8.99. The number of nitrogens with zero attached hydrogens (tertiary/aromatic N) is 2. The highest BCUT2D eigenvalue weighted by Gasteiger charge is 2.11. The molecule has 1 heterocycles. The summed E-state index contributed by atoms with van der Waals surface area (Å²) in [6, 6.07) is 17.4. The zero-order chi connectivity index (χ0) is 19.9. The Morgan fingerprint density at radius 3 is 2.46 bits per heavy atom. The smallest absolute Gasteiger partial charge is 0.289 e. The summed E-state index contributed by atoms with van der Waals surface area (Å²) < 4.78 is 5.45. The van der Waals surface area contributed by atoms with Crippen LogP contribution < -0.4 is 10.2 Å². The van der Waals surface area contributed by atoms with Gasteiger partial charge >= 0.3 is 0 Å². The lowest BCUT2D eigenvalue weighted by atomic mass is 10.1. The third-order valence-electron chi connectivity index (χ3n) is 4.30. The first-order valence-electron chi connectivity index (χ1n) is 9.33. The zero-order valence-electron chi connectivity index (χ0n) is 16.3. The van der Waals surface area contributed by atoms with Gasteiger partial charge in [0.25, 0.3) is 5.91 Å². The summed E-state index contributed by atoms with van der Waals surface area (Å²) in [5.41, 5.74) is 7.54. The summed E-state index contributed by atoms with van der Waals surface area (Å²) in [7, 11) is 0. The number of H-pyrrole nitrogens is 1. The summed E-state index contributed by atoms with van der Waals surface area (Å²) in [5, 5.41) is 11.3. The molecule has 6 nitrogen and oxygen atoms in total. The van der Waals surface area contributed by atoms with E-state index in [0.717, 1.165) is 28.3 Å². The molecule has 6 heteroatoms. The summed E-state index contributed by atoms with van der Waals surface area (Å²) in [6.45, 7) is 6.59. The Bertz CT molecular complexity index is 957. The van der Waals surface area contributed by atoms with E-state index in [9.17, 15) is 4.79 Å². The van der Waals surface area contributed by atoms with E-state index < -0.39 is 0 Å². The number of aromatic nitrogens is 2. The molecular formula is C22H24N4O2. The molecule has 2 aromatic carbocycles. The van der Waals surface area contributed by atoms with E-state index in [0.29, 0.717) is 18.7 Å². The zero-order valence-corrected chi connectivity index (χ0v) is 16.3. The van der Waals surface area contributed by atoms with Crippen LogP contribution in [0.4, 0.5) is 0 Å². The van der Waals surface area contributed by atoms with E-state index in [1.165, 1.54) is 5.56 Å². The fourth-order valence-electron chi connectivity index (χ4n) is 2.75. The van der Waals surface area contributed by atoms with Crippen molar-refractivity contribution < 1.29 is 9.53 Å². The van der Waals surface area contributed by atoms with Gasteiger partial charge in [0.05, 0.1) is 18.0 Å². The van der Waals surface area contributed by atoms with Gasteiger partial charge in [-0.15, -0.1) is 0 Å². The first kappa shape index (κ1) is 19.4. The fourth-order valence-corrected chi connectivity index (χ4v) is 2.75. The van der Waals surface area contributed by atoms with Gasteiger partial charge in [-0.3, -0.25) is 9.89 Å². The first-order chi connectivity index (χ1) is 13.6. The molecule has 2 N–H and O–H groups in total. The number of hydrogen-bond acceptors (Lipinski definition) is 4. The number of hydrazone groups is 1. The lowest BCUT2D eigenvalue weighted by molar-refractivity contribution is 0.0950. The van der Waals surface area contributed by atoms with Crippen molar-refractivity contribution in [2.24, 2.45) is 5.10 Å². The molecule has 0 unspecified atom stereocenters. The molecule has 0 aliphatic carbocycles. The van der Waals surface area contributed by atoms with Crippen molar-refractivity contribution in [3.63, 3.8) is 0 Å². The first-order valence-corrected chi connectivity index (χ1v) is 9.33. The minimum absolute atomic E-state index is 0.331. The Morgan fingerprint density at radius 2 is 1.82 bits per heavy atom. The topological polar surface area (TPSA) is 79.4 Å². The average molecular weight is 376 g/mol. The standard InChI is InChI=1S/C22H24N4O2/c1-4-19(16-10-12-18(13-11-16)28-5-2)23-26-22(27)21-14-20(24-25-21)17-8-6-15(3)7-9-17/h6-14H,4-5H2,1-3H3,(H,24,25)(H,26,27)/b23-19+. The molecule has 144 valence electrons. The van der Waals surface area contributed by atoms with Gasteiger partial charge in [0.2, 0.25) is 0 Å². The van der Waals surface area contributed by atoms with E-state index in [1.807, 2.05) is 69.3 Å². The van der Waals surface area contributed by atoms with Crippen LogP contribution in [0.15, 0.2) is 59.7 Å². The van der Waals surface area contributed by atoms with Gasteiger partial charge in [0.15, 0.2) is 0 Å². The lowest BCUT2D eigenvalue weighted by Crippen LogP contribution is -2.20. The van der Waals surface area contributed by atoms with Crippen molar-refractivity contribution in [3.05, 3.63) is 71.4 Å². The van der Waals surface area contributed by atoms with Crippen LogP contribution in [0.5, 0.6) is 5.75 Å². The normalized spacial score (nSPS) is 11.3. The third-order valence-corrected chi connectivity index (χ3v) is 4.30. The number of amides is 1. The molecule has 1 amide bonds. The summed E-state index contributed by atoms with van der Waals surface area (Å²) in [5.74, 6) is 0.481. The number of aromatic amines is 1. The molecule has 0 saturated carbocycles. The molecule has 3 rings (SSSR count). The molecule has 0 bridgehead atoms. The van der Waals surface area contributed by atoms with Crippen molar-refractivity contribution in [2.45, 2.75) is 27.2 Å². The van der Waals surface area contributed by atoms with E-state index in [1.54, 1.807) is 6.07 Å². The molecule has 0 radical (unpaired) electrons. The number of benzene rings is 2. The van der Waals surface area contributed by atoms with Crippen LogP contribution in [0.1, 0.15) is 41.9 Å². The molecule has 28 heavy (non-hydrogen) atoms. The molecule has 1 aromatic heterocycles. The monoisotopic (exact) mass is 376 g/mol. The van der Waals surface area contributed by atoms with E-state index in [2.05, 4.69) is 20.7 Å². The number of hydrogen-bond donors (Lipinski definition) is 2. The molecule has 0 aliphatic heterocycles. The Labute approximate surface area is 164 Å². The van der Waals surface area contributed by atoms with Crippen LogP contribution in [-0.2, 0) is 0 Å². The third kappa shape index (κ3) is 4.65. The number of nitrogens with one attached hydrogen (secondary N) is 2. The minimum Gasteiger partial charge on any atom is -0.494 e. The SMILES string of the molecule is CCOc1ccc(/C(CC)=N/NC(=O)c2cc(-c3ccc(C)cc3)n[nH]2)cc1. The predicted octanol–water partition coefficient (Wildman–Crippen LogP) is 4.33. The molecule has 0 spiro atoms. The quantitative estimate of drug-likeness (QED) is 0.476. The van der Waals surface area contributed by atoms with Gasteiger partial charge in [-0.25, -0.2) is 5.43 Å². The number of aryl methyl sites for hydroxylation is 1. The Morgan fingerprint density at radius 1 is 1.11 bits per heavy atom. The van der Waals surface area contributed by atoms with Crippen molar-refractivity contribution in [2.75, 3.05) is 6.61 Å². The second-order valence-corrected chi connectivity index (χ2v) is 6.34. The second-order valence-electron chi connectivity index (χ2n) is 6.34. The molecule has 0 atom stereocenters. The molecule has 3 aromatic rings. The minimum atomic E-state index is -0.331. The number of carbonyl (C=O) groups excluding carboxylic acids is 1. The lowest BCUT2D eigenvalue weighted by Gasteiger charge is -2.07. The van der Waals surface area contributed by atoms with Crippen LogP contribution >= 0.6 is 0 Å². The Balaban J connectivity index is 1.70. The summed E-state index contributed by atoms with van der Waals surface area (Å²) >= 11 is 0. The van der Waals surface area contributed by atoms with Gasteiger partial charge in [-0.05, 0) is 56.2 Å². The Hall–Kier alpha value is -3.41. The average Bonchev–Trinajstić information content (AvgIpc) is 3.20. The van der Waals surface area contributed by atoms with Crippen LogP contribution in [0.25, 0.3) is 11.3 Å². The summed E-state index contributed by atoms with van der Waals surface area (Å²) in [4.78, 5) is 12.4. The maximum absolute atomic E-state index is 12.4. The highest BCUT2D eigenvalue weighted by Crippen LogP contribution is 2.18. The maximum Gasteiger partial charge on any atom is 0.289 e. The Kier molecular flexibility index (Phi) is 6.22. The van der Waals surface area contributed by atoms with Crippen molar-refractivity contribution >= 4 is 11.6 Å². The fraction of sp³-hybridized carbons (Fsp3) is 0.227. The van der Waals surface area contributed by atoms with Crippen LogP contribution in [0.3, 0.4) is 0 Å². The predicted molar refractivity (Wildman–Crippen MR) is 111 cm³/mol. The van der Waals surface area contributed by atoms with Crippen molar-refractivity contribution in [3.8, 4) is 17.0 Å². The van der Waals surface area contributed by atoms with Gasteiger partial charge in [-0.1, -0.05) is 36.8 Å². The van der Waals surface area contributed by atoms with E-state index >= 15 is 0 Å². The number of ether oxygens (including phenoxy) is 1. The van der Waals surface area contributed by atoms with Gasteiger partial charge < -0.3 is 4.74 Å². The maximum atomic E-state index is 12.4. The van der Waals surface area contributed by atoms with E-state index in [4.69, 9.17) is 4.74 Å². The highest BCUT2D eigenvalue weighted by molar-refractivity contribution is 6.02. The van der Waals surface area contributed by atoms with Crippen LogP contribution in [0.2, 0.25) is 0 Å². The van der Waals surface area contributed by atoms with Gasteiger partial charge in [0.1, 0.15) is 11.4 Å². The molecule has 0 aliphatic rings. The van der Waals surface area contributed by atoms with Crippen LogP contribution in [0, 0.1) is 6.92 Å². The van der Waals surface area contributed by atoms with Gasteiger partial charge in [0, 0.05) is 5.56 Å². The van der Waals surface area contributed by atoms with Crippen LogP contribution in [-0.4, -0.2) is 28.4 Å². The largest absolute Gasteiger partial charge is 0.494 e. The highest BCUT2D eigenvalue weighted by atomic mass is 16.5.